The largest absolute Gasteiger partial charge is 0.556 e. The monoisotopic (exact) mass is 344 g/mol. The van der Waals surface area contributed by atoms with E-state index in [1.807, 2.05) is 22.8 Å². The topological polar surface area (TPSA) is 95.9 Å². The maximum atomic E-state index is 12.0. The Kier molecular flexibility index (Phi) is 5.01. The second-order valence-corrected chi connectivity index (χ2v) is 6.98. The fraction of sp³-hybridized carbons (Fsp3) is 0.312. The van der Waals surface area contributed by atoms with Gasteiger partial charge in [0, 0.05) is 6.54 Å². The number of benzene rings is 1. The third-order valence-electron chi connectivity index (χ3n) is 3.69. The van der Waals surface area contributed by atoms with Crippen LogP contribution >= 0.6 is 8.03 Å². The van der Waals surface area contributed by atoms with Crippen LogP contribution in [0, 0.1) is 5.92 Å². The first kappa shape index (κ1) is 16.3. The maximum Gasteiger partial charge on any atom is 0.556 e. The van der Waals surface area contributed by atoms with Crippen molar-refractivity contribution >= 4 is 25.0 Å². The van der Waals surface area contributed by atoms with Crippen molar-refractivity contribution in [2.24, 2.45) is 5.92 Å². The van der Waals surface area contributed by atoms with Crippen LogP contribution in [0.25, 0.3) is 11.2 Å². The number of rotatable bonds is 7. The minimum absolute atomic E-state index is 0.303. The normalized spacial score (nSPS) is 13.0. The van der Waals surface area contributed by atoms with Crippen LogP contribution in [-0.4, -0.2) is 25.7 Å². The lowest BCUT2D eigenvalue weighted by molar-refractivity contribution is 0.458. The zero-order valence-corrected chi connectivity index (χ0v) is 14.3. The predicted molar refractivity (Wildman–Crippen MR) is 93.1 cm³/mol. The molecule has 2 aromatic heterocycles. The Bertz CT molecular complexity index is 837. The third-order valence-corrected chi connectivity index (χ3v) is 4.73. The van der Waals surface area contributed by atoms with Crippen LogP contribution in [0.4, 0.5) is 5.82 Å². The van der Waals surface area contributed by atoms with Crippen molar-refractivity contribution < 1.29 is 9.09 Å². The van der Waals surface area contributed by atoms with Crippen molar-refractivity contribution in [3.8, 4) is 5.75 Å². The zero-order valence-electron chi connectivity index (χ0n) is 13.4. The lowest BCUT2D eigenvalue weighted by Crippen LogP contribution is -2.09. The first-order valence-corrected chi connectivity index (χ1v) is 9.08. The molecule has 24 heavy (non-hydrogen) atoms. The highest BCUT2D eigenvalue weighted by Gasteiger charge is 2.21. The van der Waals surface area contributed by atoms with Crippen LogP contribution in [0.5, 0.6) is 5.75 Å². The number of nitrogens with zero attached hydrogens (tertiary/aromatic N) is 4. The van der Waals surface area contributed by atoms with E-state index in [2.05, 4.69) is 21.9 Å². The number of fused-ring (bicyclic) bond motifs is 1. The smallest absolute Gasteiger partial charge is 0.382 e. The lowest BCUT2D eigenvalue weighted by atomic mass is 10.1. The summed E-state index contributed by atoms with van der Waals surface area (Å²) in [5, 5.41) is 0. The molecule has 0 aliphatic rings. The molecule has 0 saturated carbocycles. The van der Waals surface area contributed by atoms with E-state index in [0.29, 0.717) is 29.2 Å². The van der Waals surface area contributed by atoms with Crippen LogP contribution in [0.15, 0.2) is 43.0 Å². The van der Waals surface area contributed by atoms with Crippen molar-refractivity contribution in [3.05, 3.63) is 43.0 Å². The Balaban J connectivity index is 1.54. The van der Waals surface area contributed by atoms with Gasteiger partial charge in [-0.3, -0.25) is 4.52 Å². The molecular weight excluding hydrogens is 325 g/mol. The molecule has 0 aliphatic carbocycles. The van der Waals surface area contributed by atoms with E-state index in [0.717, 1.165) is 18.6 Å². The van der Waals surface area contributed by atoms with Gasteiger partial charge in [-0.05, 0) is 29.0 Å². The Morgan fingerprint density at radius 1 is 1.25 bits per heavy atom. The molecule has 7 nitrogen and oxygen atoms in total. The number of para-hydroxylation sites is 1. The number of anilines is 1. The molecule has 0 saturated heterocycles. The summed E-state index contributed by atoms with van der Waals surface area (Å²) in [4.78, 5) is 12.4. The quantitative estimate of drug-likeness (QED) is 0.661. The number of aromatic nitrogens is 4. The molecule has 3 aromatic rings. The zero-order chi connectivity index (χ0) is 16.9. The molecule has 2 atom stereocenters. The fourth-order valence-corrected chi connectivity index (χ4v) is 3.53. The van der Waals surface area contributed by atoms with Gasteiger partial charge < -0.3 is 10.3 Å². The first-order chi connectivity index (χ1) is 11.6. The molecule has 0 aliphatic heterocycles. The highest BCUT2D eigenvalue weighted by molar-refractivity contribution is 7.39. The second-order valence-electron chi connectivity index (χ2n) is 5.68. The summed E-state index contributed by atoms with van der Waals surface area (Å²) >= 11 is 0. The molecule has 0 fully saturated rings. The van der Waals surface area contributed by atoms with E-state index in [9.17, 15) is 4.57 Å². The maximum absolute atomic E-state index is 12.0. The summed E-state index contributed by atoms with van der Waals surface area (Å²) in [7, 11) is -1.71. The summed E-state index contributed by atoms with van der Waals surface area (Å²) in [5.41, 5.74) is 7.13. The molecule has 0 radical (unpaired) electrons. The molecule has 1 unspecified atom stereocenters. The molecular formula is C16H19N5O2P+. The van der Waals surface area contributed by atoms with E-state index >= 15 is 0 Å². The van der Waals surface area contributed by atoms with Crippen molar-refractivity contribution in [2.45, 2.75) is 19.9 Å². The van der Waals surface area contributed by atoms with Crippen molar-refractivity contribution in [1.82, 2.24) is 19.5 Å². The minimum Gasteiger partial charge on any atom is -0.382 e. The predicted octanol–water partition coefficient (Wildman–Crippen LogP) is 3.26. The molecule has 3 rings (SSSR count). The van der Waals surface area contributed by atoms with Crippen LogP contribution in [-0.2, 0) is 11.1 Å². The second kappa shape index (κ2) is 7.36. The average Bonchev–Trinajstić information content (AvgIpc) is 2.98. The first-order valence-electron chi connectivity index (χ1n) is 7.72. The van der Waals surface area contributed by atoms with Crippen LogP contribution in [0.2, 0.25) is 0 Å². The average molecular weight is 344 g/mol. The lowest BCUT2D eigenvalue weighted by Gasteiger charge is -2.09. The van der Waals surface area contributed by atoms with Gasteiger partial charge in [-0.1, -0.05) is 25.1 Å². The van der Waals surface area contributed by atoms with Crippen LogP contribution in [0.1, 0.15) is 13.3 Å². The summed E-state index contributed by atoms with van der Waals surface area (Å²) in [5.74, 6) is 1.32. The van der Waals surface area contributed by atoms with Crippen molar-refractivity contribution in [3.63, 3.8) is 0 Å². The SMILES string of the molecule is C[C@@H](CC[P+](=O)Oc1ccccc1)Cn1cnc2c(N)ncnc21. The molecule has 8 heteroatoms. The van der Waals surface area contributed by atoms with Crippen molar-refractivity contribution in [2.75, 3.05) is 11.9 Å². The Labute approximate surface area is 140 Å². The van der Waals surface area contributed by atoms with Gasteiger partial charge in [0.1, 0.15) is 11.8 Å². The molecule has 1 aromatic carbocycles. The number of hydrogen-bond donors (Lipinski definition) is 1. The number of imidazole rings is 1. The molecule has 2 N–H and O–H groups in total. The van der Waals surface area contributed by atoms with Gasteiger partial charge >= 0.3 is 8.03 Å². The van der Waals surface area contributed by atoms with Gasteiger partial charge in [-0.2, -0.15) is 0 Å². The van der Waals surface area contributed by atoms with E-state index in [1.165, 1.54) is 6.33 Å². The summed E-state index contributed by atoms with van der Waals surface area (Å²) < 4.78 is 19.4. The molecule has 124 valence electrons. The van der Waals surface area contributed by atoms with Crippen molar-refractivity contribution in [1.29, 1.82) is 0 Å². The summed E-state index contributed by atoms with van der Waals surface area (Å²) in [6.45, 7) is 2.82. The molecule has 0 spiro atoms. The van der Waals surface area contributed by atoms with E-state index in [1.54, 1.807) is 18.5 Å². The Morgan fingerprint density at radius 2 is 2.04 bits per heavy atom. The third kappa shape index (κ3) is 3.86. The van der Waals surface area contributed by atoms with E-state index in [-0.39, 0.29) is 0 Å². The fourth-order valence-electron chi connectivity index (χ4n) is 2.43. The Hall–Kier alpha value is -2.53. The standard InChI is InChI=1S/C16H19N5O2P/c1-12(7-8-24(22)23-13-5-3-2-4-6-13)9-21-11-20-14-15(17)18-10-19-16(14)21/h2-6,10-12H,7-9H2,1H3,(H2,17,18,19)/q+1/t12-/m0/s1. The summed E-state index contributed by atoms with van der Waals surface area (Å²) in [6.07, 6.45) is 4.44. The highest BCUT2D eigenvalue weighted by atomic mass is 31.1. The van der Waals surface area contributed by atoms with Gasteiger partial charge in [-0.15, -0.1) is 0 Å². The molecule has 0 bridgehead atoms. The van der Waals surface area contributed by atoms with Crippen LogP contribution in [0.3, 0.4) is 0 Å². The highest BCUT2D eigenvalue weighted by Crippen LogP contribution is 2.28. The number of nitrogen functional groups attached to an aromatic ring is 1. The summed E-state index contributed by atoms with van der Waals surface area (Å²) in [6, 6.07) is 9.22. The number of nitrogens with two attached hydrogens (primary N) is 1. The molecule has 0 amide bonds. The van der Waals surface area contributed by atoms with Gasteiger partial charge in [-0.25, -0.2) is 15.0 Å². The number of hydrogen-bond acceptors (Lipinski definition) is 6. The van der Waals surface area contributed by atoms with Gasteiger partial charge in [0.25, 0.3) is 0 Å². The van der Waals surface area contributed by atoms with E-state index < -0.39 is 8.03 Å². The minimum atomic E-state index is -1.71. The Morgan fingerprint density at radius 3 is 2.83 bits per heavy atom. The van der Waals surface area contributed by atoms with Gasteiger partial charge in [0.15, 0.2) is 23.4 Å². The van der Waals surface area contributed by atoms with Crippen LogP contribution < -0.4 is 10.3 Å². The van der Waals surface area contributed by atoms with E-state index in [4.69, 9.17) is 10.3 Å². The van der Waals surface area contributed by atoms with Gasteiger partial charge in [0.05, 0.1) is 6.33 Å². The van der Waals surface area contributed by atoms with Gasteiger partial charge in [0.2, 0.25) is 0 Å². The molecule has 2 heterocycles.